The van der Waals surface area contributed by atoms with Gasteiger partial charge < -0.3 is 15.8 Å². The number of aromatic nitrogens is 1. The number of thiazole rings is 1. The third-order valence-corrected chi connectivity index (χ3v) is 3.46. The van der Waals surface area contributed by atoms with Crippen molar-refractivity contribution in [3.63, 3.8) is 0 Å². The monoisotopic (exact) mass is 299 g/mol. The molecule has 0 bridgehead atoms. The second-order valence-electron chi connectivity index (χ2n) is 4.90. The van der Waals surface area contributed by atoms with Crippen molar-refractivity contribution in [3.05, 3.63) is 10.6 Å². The lowest BCUT2D eigenvalue weighted by molar-refractivity contribution is -0.118. The van der Waals surface area contributed by atoms with Gasteiger partial charge in [-0.3, -0.25) is 9.59 Å². The zero-order valence-electron chi connectivity index (χ0n) is 11.8. The summed E-state index contributed by atoms with van der Waals surface area (Å²) in [6, 6.07) is 0. The van der Waals surface area contributed by atoms with Gasteiger partial charge in [-0.15, -0.1) is 0 Å². The fourth-order valence-corrected chi connectivity index (χ4v) is 2.64. The minimum atomic E-state index is -0.674. The number of rotatable bonds is 6. The summed E-state index contributed by atoms with van der Waals surface area (Å²) >= 11 is 1.04. The molecular formula is C12H17N3O4S. The molecule has 0 saturated heterocycles. The standard InChI is InChI=1S/C12H17N3O4S/c1-6(16)9-8(10(18)19-4)14-11(20-9)15-12(2,3)5-7(13)17/h5H2,1-4H3,(H2,13,17)(H,14,15). The van der Waals surface area contributed by atoms with E-state index in [9.17, 15) is 14.4 Å². The number of Topliss-reactive ketones (excluding diaryl/α,β-unsaturated/α-hetero) is 1. The first-order valence-electron chi connectivity index (χ1n) is 5.83. The Morgan fingerprint density at radius 2 is 2.00 bits per heavy atom. The number of primary amides is 1. The highest BCUT2D eigenvalue weighted by atomic mass is 32.1. The number of anilines is 1. The number of carbonyl (C=O) groups excluding carboxylic acids is 3. The number of nitrogens with one attached hydrogen (secondary N) is 1. The lowest BCUT2D eigenvalue weighted by Crippen LogP contribution is -2.35. The highest BCUT2D eigenvalue weighted by Gasteiger charge is 2.26. The van der Waals surface area contributed by atoms with Gasteiger partial charge >= 0.3 is 5.97 Å². The van der Waals surface area contributed by atoms with Crippen LogP contribution in [0.25, 0.3) is 0 Å². The Kier molecular flexibility index (Phi) is 4.83. The van der Waals surface area contributed by atoms with Crippen molar-refractivity contribution in [2.75, 3.05) is 12.4 Å². The van der Waals surface area contributed by atoms with Crippen molar-refractivity contribution >= 4 is 34.1 Å². The molecule has 3 N–H and O–H groups in total. The first-order chi connectivity index (χ1) is 9.16. The van der Waals surface area contributed by atoms with Crippen LogP contribution in [0.2, 0.25) is 0 Å². The van der Waals surface area contributed by atoms with E-state index in [0.717, 1.165) is 11.3 Å². The number of nitrogens with two attached hydrogens (primary N) is 1. The highest BCUT2D eigenvalue weighted by molar-refractivity contribution is 7.17. The zero-order valence-corrected chi connectivity index (χ0v) is 12.6. The van der Waals surface area contributed by atoms with E-state index in [2.05, 4.69) is 15.0 Å². The van der Waals surface area contributed by atoms with Crippen LogP contribution in [-0.2, 0) is 9.53 Å². The Labute approximate surface area is 120 Å². The van der Waals surface area contributed by atoms with Gasteiger partial charge in [0.05, 0.1) is 7.11 Å². The molecule has 0 saturated carbocycles. The highest BCUT2D eigenvalue weighted by Crippen LogP contribution is 2.27. The first kappa shape index (κ1) is 16.1. The molecule has 0 aliphatic heterocycles. The van der Waals surface area contributed by atoms with Gasteiger partial charge in [-0.2, -0.15) is 0 Å². The van der Waals surface area contributed by atoms with Gasteiger partial charge in [-0.1, -0.05) is 11.3 Å². The molecular weight excluding hydrogens is 282 g/mol. The van der Waals surface area contributed by atoms with Gasteiger partial charge in [-0.05, 0) is 13.8 Å². The molecule has 0 spiro atoms. The number of ketones is 1. The summed E-state index contributed by atoms with van der Waals surface area (Å²) in [5.74, 6) is -1.41. The molecule has 1 aromatic heterocycles. The molecule has 8 heteroatoms. The normalized spacial score (nSPS) is 11.0. The summed E-state index contributed by atoms with van der Waals surface area (Å²) in [6.45, 7) is 4.88. The molecule has 110 valence electrons. The summed E-state index contributed by atoms with van der Waals surface area (Å²) in [7, 11) is 1.22. The molecule has 0 aliphatic rings. The quantitative estimate of drug-likeness (QED) is 0.603. The van der Waals surface area contributed by atoms with Crippen LogP contribution in [0.1, 0.15) is 47.4 Å². The Hall–Kier alpha value is -1.96. The van der Waals surface area contributed by atoms with E-state index in [-0.39, 0.29) is 22.8 Å². The van der Waals surface area contributed by atoms with E-state index in [1.54, 1.807) is 13.8 Å². The van der Waals surface area contributed by atoms with Crippen LogP contribution < -0.4 is 11.1 Å². The molecule has 1 aromatic rings. The fraction of sp³-hybridized carbons (Fsp3) is 0.500. The lowest BCUT2D eigenvalue weighted by atomic mass is 10.0. The average molecular weight is 299 g/mol. The number of nitrogens with zero attached hydrogens (tertiary/aromatic N) is 1. The number of carbonyl (C=O) groups is 3. The lowest BCUT2D eigenvalue weighted by Gasteiger charge is -2.24. The maximum Gasteiger partial charge on any atom is 0.358 e. The predicted octanol–water partition coefficient (Wildman–Crippen LogP) is 1.20. The van der Waals surface area contributed by atoms with Gasteiger partial charge in [0.2, 0.25) is 5.91 Å². The smallest absolute Gasteiger partial charge is 0.358 e. The van der Waals surface area contributed by atoms with Crippen LogP contribution in [0.3, 0.4) is 0 Å². The summed E-state index contributed by atoms with van der Waals surface area (Å²) < 4.78 is 4.59. The number of hydrogen-bond donors (Lipinski definition) is 2. The number of amides is 1. The van der Waals surface area contributed by atoms with Crippen molar-refractivity contribution in [2.24, 2.45) is 5.73 Å². The summed E-state index contributed by atoms with van der Waals surface area (Å²) in [4.78, 5) is 38.3. The molecule has 0 aliphatic carbocycles. The van der Waals surface area contributed by atoms with Gasteiger partial charge in [0.25, 0.3) is 0 Å². The van der Waals surface area contributed by atoms with E-state index in [1.807, 2.05) is 0 Å². The third kappa shape index (κ3) is 4.02. The van der Waals surface area contributed by atoms with Crippen molar-refractivity contribution in [1.29, 1.82) is 0 Å². The second kappa shape index (κ2) is 6.00. The number of hydrogen-bond acceptors (Lipinski definition) is 7. The summed E-state index contributed by atoms with van der Waals surface area (Å²) in [5, 5.41) is 3.35. The molecule has 0 unspecified atom stereocenters. The van der Waals surface area contributed by atoms with Crippen molar-refractivity contribution < 1.29 is 19.1 Å². The Bertz CT molecular complexity index is 551. The first-order valence-corrected chi connectivity index (χ1v) is 6.64. The van der Waals surface area contributed by atoms with Gasteiger partial charge in [-0.25, -0.2) is 9.78 Å². The Morgan fingerprint density at radius 1 is 1.40 bits per heavy atom. The van der Waals surface area contributed by atoms with Crippen LogP contribution in [0.15, 0.2) is 0 Å². The van der Waals surface area contributed by atoms with E-state index in [4.69, 9.17) is 5.73 Å². The minimum absolute atomic E-state index is 0.0256. The number of methoxy groups -OCH3 is 1. The van der Waals surface area contributed by atoms with E-state index >= 15 is 0 Å². The molecule has 0 fully saturated rings. The summed E-state index contributed by atoms with van der Waals surface area (Å²) in [5.41, 5.74) is 4.50. The number of ether oxygens (including phenoxy) is 1. The maximum atomic E-state index is 11.6. The third-order valence-electron chi connectivity index (χ3n) is 2.39. The van der Waals surface area contributed by atoms with Gasteiger partial charge in [0.15, 0.2) is 16.6 Å². The molecule has 0 radical (unpaired) electrons. The molecule has 0 atom stereocenters. The van der Waals surface area contributed by atoms with Crippen molar-refractivity contribution in [2.45, 2.75) is 32.7 Å². The molecule has 20 heavy (non-hydrogen) atoms. The van der Waals surface area contributed by atoms with Crippen LogP contribution in [-0.4, -0.2) is 35.3 Å². The molecule has 1 heterocycles. The number of esters is 1. The van der Waals surface area contributed by atoms with Crippen LogP contribution in [0.5, 0.6) is 0 Å². The van der Waals surface area contributed by atoms with Crippen molar-refractivity contribution in [1.82, 2.24) is 4.98 Å². The molecule has 0 aromatic carbocycles. The van der Waals surface area contributed by atoms with E-state index in [0.29, 0.717) is 5.13 Å². The fourth-order valence-electron chi connectivity index (χ4n) is 1.62. The SMILES string of the molecule is COC(=O)c1nc(NC(C)(C)CC(N)=O)sc1C(C)=O. The van der Waals surface area contributed by atoms with Gasteiger partial charge in [0.1, 0.15) is 4.88 Å². The second-order valence-corrected chi connectivity index (χ2v) is 5.90. The van der Waals surface area contributed by atoms with Crippen LogP contribution >= 0.6 is 11.3 Å². The van der Waals surface area contributed by atoms with Crippen LogP contribution in [0, 0.1) is 0 Å². The predicted molar refractivity (Wildman–Crippen MR) is 75.0 cm³/mol. The van der Waals surface area contributed by atoms with Gasteiger partial charge in [0, 0.05) is 18.9 Å². The maximum absolute atomic E-state index is 11.6. The molecule has 1 rings (SSSR count). The topological polar surface area (TPSA) is 111 Å². The summed E-state index contributed by atoms with van der Waals surface area (Å²) in [6.07, 6.45) is 0.0928. The zero-order chi connectivity index (χ0) is 15.5. The largest absolute Gasteiger partial charge is 0.464 e. The molecule has 1 amide bonds. The van der Waals surface area contributed by atoms with E-state index < -0.39 is 17.4 Å². The van der Waals surface area contributed by atoms with Crippen LogP contribution in [0.4, 0.5) is 5.13 Å². The average Bonchev–Trinajstić information content (AvgIpc) is 2.69. The Morgan fingerprint density at radius 3 is 2.45 bits per heavy atom. The van der Waals surface area contributed by atoms with Crippen molar-refractivity contribution in [3.8, 4) is 0 Å². The Balaban J connectivity index is 3.06. The minimum Gasteiger partial charge on any atom is -0.464 e. The molecule has 7 nitrogen and oxygen atoms in total. The van der Waals surface area contributed by atoms with E-state index in [1.165, 1.54) is 14.0 Å².